The van der Waals surface area contributed by atoms with Crippen molar-refractivity contribution in [3.05, 3.63) is 115 Å². The second kappa shape index (κ2) is 7.60. The normalized spacial score (nSPS) is 11.1. The van der Waals surface area contributed by atoms with Gasteiger partial charge < -0.3 is 4.57 Å². The first kappa shape index (κ1) is 17.3. The van der Waals surface area contributed by atoms with E-state index in [4.69, 9.17) is 0 Å². The number of hydrogen-bond donors (Lipinski definition) is 0. The molecular formula is C24H22N2Si. The summed E-state index contributed by atoms with van der Waals surface area (Å²) >= 11 is 0. The minimum atomic E-state index is -2.50. The molecular weight excluding hydrogens is 344 g/mol. The first-order valence-electron chi connectivity index (χ1n) is 9.15. The van der Waals surface area contributed by atoms with Gasteiger partial charge in [0.1, 0.15) is 5.82 Å². The molecule has 0 aliphatic rings. The molecule has 4 rings (SSSR count). The molecule has 2 nitrogen and oxygen atoms in total. The minimum absolute atomic E-state index is 0.987. The first-order chi connectivity index (χ1) is 13.3. The zero-order valence-electron chi connectivity index (χ0n) is 15.4. The number of aromatic nitrogens is 1. The molecule has 0 aliphatic heterocycles. The number of anilines is 1. The summed E-state index contributed by atoms with van der Waals surface area (Å²) in [4.78, 5) is 4.68. The summed E-state index contributed by atoms with van der Waals surface area (Å²) in [6.45, 7) is 0. The van der Waals surface area contributed by atoms with Crippen molar-refractivity contribution in [2.75, 3.05) is 11.6 Å². The van der Waals surface area contributed by atoms with Crippen LogP contribution in [0.5, 0.6) is 0 Å². The molecule has 132 valence electrons. The maximum atomic E-state index is 4.68. The van der Waals surface area contributed by atoms with Gasteiger partial charge in [-0.2, -0.15) is 0 Å². The van der Waals surface area contributed by atoms with Crippen molar-refractivity contribution in [3.8, 4) is 0 Å². The Bertz CT molecular complexity index is 877. The highest BCUT2D eigenvalue weighted by Gasteiger charge is 2.44. The van der Waals surface area contributed by atoms with Crippen LogP contribution in [0.4, 0.5) is 5.82 Å². The Morgan fingerprint density at radius 3 is 1.33 bits per heavy atom. The van der Waals surface area contributed by atoms with E-state index in [1.807, 2.05) is 12.3 Å². The van der Waals surface area contributed by atoms with E-state index < -0.39 is 8.24 Å². The van der Waals surface area contributed by atoms with Crippen molar-refractivity contribution in [2.45, 2.75) is 0 Å². The second-order valence-corrected chi connectivity index (χ2v) is 10.4. The summed E-state index contributed by atoms with van der Waals surface area (Å²) in [5.74, 6) is 0.987. The molecule has 0 amide bonds. The number of pyridine rings is 1. The first-order valence-corrected chi connectivity index (χ1v) is 11.1. The van der Waals surface area contributed by atoms with E-state index in [0.29, 0.717) is 0 Å². The quantitative estimate of drug-likeness (QED) is 0.398. The fraction of sp³-hybridized carbons (Fsp3) is 0.0417. The zero-order chi connectivity index (χ0) is 18.5. The van der Waals surface area contributed by atoms with Gasteiger partial charge in [-0.3, -0.25) is 0 Å². The Morgan fingerprint density at radius 2 is 0.963 bits per heavy atom. The largest absolute Gasteiger partial charge is 0.374 e. The molecule has 1 aromatic heterocycles. The molecule has 0 radical (unpaired) electrons. The third kappa shape index (κ3) is 3.07. The van der Waals surface area contributed by atoms with Crippen LogP contribution in [-0.2, 0) is 0 Å². The fourth-order valence-electron chi connectivity index (χ4n) is 3.84. The predicted octanol–water partition coefficient (Wildman–Crippen LogP) is 3.18. The summed E-state index contributed by atoms with van der Waals surface area (Å²) in [5.41, 5.74) is 0. The Labute approximate surface area is 161 Å². The topological polar surface area (TPSA) is 16.1 Å². The summed E-state index contributed by atoms with van der Waals surface area (Å²) in [7, 11) is -0.315. The van der Waals surface area contributed by atoms with Crippen LogP contribution in [0.25, 0.3) is 0 Å². The van der Waals surface area contributed by atoms with Gasteiger partial charge in [-0.15, -0.1) is 0 Å². The number of hydrogen-bond acceptors (Lipinski definition) is 2. The van der Waals surface area contributed by atoms with E-state index in [1.54, 1.807) is 0 Å². The lowest BCUT2D eigenvalue weighted by Gasteiger charge is -2.42. The van der Waals surface area contributed by atoms with Crippen LogP contribution < -0.4 is 20.1 Å². The summed E-state index contributed by atoms with van der Waals surface area (Å²) in [6.07, 6.45) is 1.87. The van der Waals surface area contributed by atoms with E-state index in [9.17, 15) is 0 Å². The highest BCUT2D eigenvalue weighted by Crippen LogP contribution is 2.18. The van der Waals surface area contributed by atoms with Gasteiger partial charge in [0.05, 0.1) is 0 Å². The highest BCUT2D eigenvalue weighted by molar-refractivity contribution is 7.13. The van der Waals surface area contributed by atoms with Gasteiger partial charge in [-0.1, -0.05) is 97.1 Å². The molecule has 0 saturated heterocycles. The van der Waals surface area contributed by atoms with Gasteiger partial charge in [0.2, 0.25) is 0 Å². The minimum Gasteiger partial charge on any atom is -0.374 e. The van der Waals surface area contributed by atoms with Crippen LogP contribution in [0.2, 0.25) is 0 Å². The van der Waals surface area contributed by atoms with Gasteiger partial charge in [0.15, 0.2) is 0 Å². The molecule has 3 aromatic carbocycles. The summed E-state index contributed by atoms with van der Waals surface area (Å²) < 4.78 is 2.41. The number of nitrogens with zero attached hydrogens (tertiary/aromatic N) is 2. The van der Waals surface area contributed by atoms with Gasteiger partial charge in [0, 0.05) is 13.2 Å². The molecule has 0 saturated carbocycles. The number of rotatable bonds is 5. The van der Waals surface area contributed by atoms with Crippen molar-refractivity contribution < 1.29 is 0 Å². The van der Waals surface area contributed by atoms with Crippen LogP contribution in [-0.4, -0.2) is 20.3 Å². The lowest BCUT2D eigenvalue weighted by atomic mass is 10.3. The lowest BCUT2D eigenvalue weighted by molar-refractivity contribution is 1.18. The highest BCUT2D eigenvalue weighted by atomic mass is 28.3. The van der Waals surface area contributed by atoms with Crippen molar-refractivity contribution in [3.63, 3.8) is 0 Å². The smallest absolute Gasteiger partial charge is 0.254 e. The van der Waals surface area contributed by atoms with Gasteiger partial charge in [-0.05, 0) is 27.7 Å². The van der Waals surface area contributed by atoms with E-state index in [2.05, 4.69) is 120 Å². The van der Waals surface area contributed by atoms with E-state index in [1.165, 1.54) is 15.6 Å². The molecule has 0 atom stereocenters. The van der Waals surface area contributed by atoms with Crippen LogP contribution in [0.1, 0.15) is 0 Å². The van der Waals surface area contributed by atoms with Crippen LogP contribution in [0, 0.1) is 0 Å². The third-order valence-electron chi connectivity index (χ3n) is 5.07. The molecule has 0 fully saturated rings. The predicted molar refractivity (Wildman–Crippen MR) is 117 cm³/mol. The van der Waals surface area contributed by atoms with Crippen molar-refractivity contribution in [1.82, 2.24) is 4.98 Å². The van der Waals surface area contributed by atoms with E-state index in [0.717, 1.165) is 5.82 Å². The van der Waals surface area contributed by atoms with Gasteiger partial charge in [0.25, 0.3) is 8.24 Å². The molecule has 0 spiro atoms. The average Bonchev–Trinajstić information content (AvgIpc) is 2.77. The Morgan fingerprint density at radius 1 is 0.556 bits per heavy atom. The lowest BCUT2D eigenvalue weighted by Crippen LogP contribution is -2.77. The van der Waals surface area contributed by atoms with Crippen molar-refractivity contribution in [2.24, 2.45) is 0 Å². The molecule has 0 N–H and O–H groups in total. The summed E-state index contributed by atoms with van der Waals surface area (Å²) in [6, 6.07) is 38.7. The van der Waals surface area contributed by atoms with Crippen LogP contribution in [0.3, 0.4) is 0 Å². The Balaban J connectivity index is 2.07. The molecule has 1 heterocycles. The van der Waals surface area contributed by atoms with Crippen LogP contribution >= 0.6 is 0 Å². The van der Waals surface area contributed by atoms with E-state index in [-0.39, 0.29) is 0 Å². The maximum Gasteiger partial charge on any atom is 0.254 e. The van der Waals surface area contributed by atoms with Crippen molar-refractivity contribution in [1.29, 1.82) is 0 Å². The second-order valence-electron chi connectivity index (χ2n) is 6.56. The average molecular weight is 367 g/mol. The van der Waals surface area contributed by atoms with Gasteiger partial charge in [-0.25, -0.2) is 4.98 Å². The van der Waals surface area contributed by atoms with Crippen molar-refractivity contribution >= 4 is 29.6 Å². The maximum absolute atomic E-state index is 4.68. The molecule has 0 aliphatic carbocycles. The third-order valence-corrected chi connectivity index (χ3v) is 9.81. The molecule has 3 heteroatoms. The van der Waals surface area contributed by atoms with Gasteiger partial charge >= 0.3 is 0 Å². The monoisotopic (exact) mass is 366 g/mol. The SMILES string of the molecule is CN(c1ccccn1)[Si](c1ccccc1)(c1ccccc1)c1ccccc1. The molecule has 4 aromatic rings. The van der Waals surface area contributed by atoms with Crippen LogP contribution in [0.15, 0.2) is 115 Å². The molecule has 27 heavy (non-hydrogen) atoms. The fourth-order valence-corrected chi connectivity index (χ4v) is 8.51. The molecule has 0 unspecified atom stereocenters. The number of benzene rings is 3. The van der Waals surface area contributed by atoms with E-state index >= 15 is 0 Å². The standard InChI is InChI=1S/C24H22N2Si/c1-26(24-19-11-12-20-25-24)27(21-13-5-2-6-14-21,22-15-7-3-8-16-22)23-17-9-4-10-18-23/h2-20H,1H3. The Hall–Kier alpha value is -3.17. The Kier molecular flexibility index (Phi) is 4.86. The molecule has 0 bridgehead atoms. The zero-order valence-corrected chi connectivity index (χ0v) is 16.4. The summed E-state index contributed by atoms with van der Waals surface area (Å²) in [5, 5.41) is 4.03.